The zero-order chi connectivity index (χ0) is 25.0. The monoisotopic (exact) mass is 487 g/mol. The largest absolute Gasteiger partial charge is 0.432 e. The quantitative estimate of drug-likeness (QED) is 0.321. The fourth-order valence-electron chi connectivity index (χ4n) is 4.08. The van der Waals surface area contributed by atoms with Crippen LogP contribution >= 0.6 is 0 Å². The van der Waals surface area contributed by atoms with E-state index in [1.165, 1.54) is 29.1 Å². The van der Waals surface area contributed by atoms with E-state index in [0.29, 0.717) is 16.6 Å². The lowest BCUT2D eigenvalue weighted by atomic mass is 10.1. The Labute approximate surface area is 201 Å². The molecule has 6 aromatic rings. The van der Waals surface area contributed by atoms with E-state index in [1.807, 2.05) is 19.1 Å². The lowest BCUT2D eigenvalue weighted by Crippen LogP contribution is -2.19. The van der Waals surface area contributed by atoms with Crippen LogP contribution in [0, 0.1) is 6.92 Å². The lowest BCUT2D eigenvalue weighted by Gasteiger charge is -2.08. The molecule has 0 aliphatic rings. The number of hydrogen-bond donors (Lipinski definition) is 0. The Balaban J connectivity index is 1.57. The fraction of sp³-hybridized carbons (Fsp3) is 0.0769. The third-order valence-electron chi connectivity index (χ3n) is 5.91. The fourth-order valence-corrected chi connectivity index (χ4v) is 4.08. The molecular weight excluding hydrogens is 471 g/mol. The van der Waals surface area contributed by atoms with Gasteiger partial charge in [0.2, 0.25) is 5.89 Å². The average molecular weight is 487 g/mol. The molecule has 10 heteroatoms. The van der Waals surface area contributed by atoms with Crippen molar-refractivity contribution in [2.45, 2.75) is 13.1 Å². The van der Waals surface area contributed by atoms with Crippen molar-refractivity contribution < 1.29 is 17.6 Å². The van der Waals surface area contributed by atoms with Gasteiger partial charge < -0.3 is 4.42 Å². The number of aryl methyl sites for hydroxylation is 1. The number of nitrogens with zero attached hydrogens (tertiary/aromatic N) is 5. The number of benzene rings is 1. The van der Waals surface area contributed by atoms with Gasteiger partial charge >= 0.3 is 6.18 Å². The van der Waals surface area contributed by atoms with Crippen molar-refractivity contribution in [1.29, 1.82) is 0 Å². The Morgan fingerprint density at radius 2 is 1.78 bits per heavy atom. The molecule has 0 atom stereocenters. The zero-order valence-electron chi connectivity index (χ0n) is 18.7. The van der Waals surface area contributed by atoms with Crippen LogP contribution < -0.4 is 5.56 Å². The molecule has 178 valence electrons. The molecule has 0 saturated carbocycles. The SMILES string of the molecule is Cc1cccn2nc(-c3nc(-n4ccc5cccnc5c4=O)c(-c4ccc(C(F)(F)F)cc4)o3)cc12. The Morgan fingerprint density at radius 3 is 2.53 bits per heavy atom. The van der Waals surface area contributed by atoms with Gasteiger partial charge in [-0.25, -0.2) is 4.52 Å². The molecule has 1 aromatic carbocycles. The summed E-state index contributed by atoms with van der Waals surface area (Å²) in [6.07, 6.45) is 0.350. The van der Waals surface area contributed by atoms with Crippen LogP contribution in [0.3, 0.4) is 0 Å². The summed E-state index contributed by atoms with van der Waals surface area (Å²) < 4.78 is 48.4. The first-order valence-electron chi connectivity index (χ1n) is 10.9. The molecule has 36 heavy (non-hydrogen) atoms. The van der Waals surface area contributed by atoms with Gasteiger partial charge in [-0.1, -0.05) is 24.3 Å². The maximum absolute atomic E-state index is 13.3. The first-order valence-corrected chi connectivity index (χ1v) is 10.9. The van der Waals surface area contributed by atoms with E-state index in [9.17, 15) is 18.0 Å². The second-order valence-corrected chi connectivity index (χ2v) is 8.23. The first-order chi connectivity index (χ1) is 17.3. The van der Waals surface area contributed by atoms with E-state index in [1.54, 1.807) is 35.0 Å². The topological polar surface area (TPSA) is 78.2 Å². The maximum Gasteiger partial charge on any atom is 0.416 e. The van der Waals surface area contributed by atoms with Crippen molar-refractivity contribution in [3.8, 4) is 28.7 Å². The minimum Gasteiger partial charge on any atom is -0.432 e. The lowest BCUT2D eigenvalue weighted by molar-refractivity contribution is -0.137. The van der Waals surface area contributed by atoms with Gasteiger partial charge in [0.15, 0.2) is 11.6 Å². The highest BCUT2D eigenvalue weighted by Gasteiger charge is 2.30. The van der Waals surface area contributed by atoms with E-state index in [0.717, 1.165) is 23.2 Å². The molecule has 6 rings (SSSR count). The number of rotatable bonds is 3. The normalized spacial score (nSPS) is 12.0. The third-order valence-corrected chi connectivity index (χ3v) is 5.91. The van der Waals surface area contributed by atoms with Crippen LogP contribution in [0.2, 0.25) is 0 Å². The minimum atomic E-state index is -4.48. The van der Waals surface area contributed by atoms with Crippen LogP contribution in [0.15, 0.2) is 88.5 Å². The van der Waals surface area contributed by atoms with Gasteiger partial charge in [-0.05, 0) is 48.9 Å². The van der Waals surface area contributed by atoms with Gasteiger partial charge in [0.05, 0.1) is 11.1 Å². The molecule has 7 nitrogen and oxygen atoms in total. The van der Waals surface area contributed by atoms with Crippen molar-refractivity contribution in [3.63, 3.8) is 0 Å². The number of fused-ring (bicyclic) bond motifs is 2. The van der Waals surface area contributed by atoms with Crippen LogP contribution in [0.1, 0.15) is 11.1 Å². The van der Waals surface area contributed by atoms with Gasteiger partial charge in [-0.3, -0.25) is 14.3 Å². The molecule has 0 radical (unpaired) electrons. The molecule has 0 unspecified atom stereocenters. The predicted octanol–water partition coefficient (Wildman–Crippen LogP) is 5.68. The Hall–Kier alpha value is -4.73. The molecule has 0 N–H and O–H groups in total. The van der Waals surface area contributed by atoms with Crippen LogP contribution in [0.5, 0.6) is 0 Å². The number of halogens is 3. The van der Waals surface area contributed by atoms with E-state index < -0.39 is 17.3 Å². The van der Waals surface area contributed by atoms with E-state index in [2.05, 4.69) is 15.1 Å². The summed E-state index contributed by atoms with van der Waals surface area (Å²) in [5.74, 6) is 0.372. The summed E-state index contributed by atoms with van der Waals surface area (Å²) in [4.78, 5) is 22.0. The van der Waals surface area contributed by atoms with Gasteiger partial charge in [0.1, 0.15) is 11.2 Å². The average Bonchev–Trinajstić information content (AvgIpc) is 3.50. The van der Waals surface area contributed by atoms with Gasteiger partial charge in [-0.15, -0.1) is 0 Å². The van der Waals surface area contributed by atoms with Crippen molar-refractivity contribution in [2.75, 3.05) is 0 Å². The second-order valence-electron chi connectivity index (χ2n) is 8.23. The predicted molar refractivity (Wildman–Crippen MR) is 127 cm³/mol. The zero-order valence-corrected chi connectivity index (χ0v) is 18.7. The number of pyridine rings is 3. The number of hydrogen-bond acceptors (Lipinski definition) is 5. The molecule has 0 fully saturated rings. The number of oxazole rings is 1. The molecule has 0 aliphatic carbocycles. The van der Waals surface area contributed by atoms with Crippen molar-refractivity contribution in [3.05, 3.63) is 101 Å². The van der Waals surface area contributed by atoms with E-state index in [-0.39, 0.29) is 23.0 Å². The molecule has 0 spiro atoms. The van der Waals surface area contributed by atoms with Crippen LogP contribution in [-0.2, 0) is 6.18 Å². The van der Waals surface area contributed by atoms with Gasteiger partial charge in [-0.2, -0.15) is 23.3 Å². The Morgan fingerprint density at radius 1 is 0.972 bits per heavy atom. The molecule has 0 bridgehead atoms. The molecule has 0 saturated heterocycles. The Bertz CT molecular complexity index is 1810. The van der Waals surface area contributed by atoms with Crippen molar-refractivity contribution in [1.82, 2.24) is 24.1 Å². The summed E-state index contributed by atoms with van der Waals surface area (Å²) in [5, 5.41) is 5.16. The van der Waals surface area contributed by atoms with Crippen LogP contribution in [-0.4, -0.2) is 24.1 Å². The third kappa shape index (κ3) is 3.54. The standard InChI is InChI=1S/C26H16F3N5O2/c1-15-4-3-12-34-20(15)14-19(32-34)24-31-23(33-13-10-16-5-2-11-30-21(16)25(33)35)22(36-24)17-6-8-18(9-7-17)26(27,28)29/h2-14H,1H3. The molecule has 5 aromatic heterocycles. The number of aromatic nitrogens is 5. The maximum atomic E-state index is 13.3. The summed E-state index contributed by atoms with van der Waals surface area (Å²) in [5.41, 5.74) is 1.56. The number of alkyl halides is 3. The molecule has 0 amide bonds. The van der Waals surface area contributed by atoms with Gasteiger partial charge in [0.25, 0.3) is 5.56 Å². The van der Waals surface area contributed by atoms with Gasteiger partial charge in [0, 0.05) is 29.5 Å². The summed E-state index contributed by atoms with van der Waals surface area (Å²) in [7, 11) is 0. The first kappa shape index (κ1) is 21.8. The summed E-state index contributed by atoms with van der Waals surface area (Å²) in [6, 6.07) is 15.3. The highest BCUT2D eigenvalue weighted by molar-refractivity contribution is 5.78. The van der Waals surface area contributed by atoms with Crippen LogP contribution in [0.25, 0.3) is 45.1 Å². The summed E-state index contributed by atoms with van der Waals surface area (Å²) in [6.45, 7) is 1.94. The molecular formula is C26H16F3N5O2. The smallest absolute Gasteiger partial charge is 0.416 e. The second kappa shape index (κ2) is 7.91. The highest BCUT2D eigenvalue weighted by Crippen LogP contribution is 2.35. The van der Waals surface area contributed by atoms with Crippen LogP contribution in [0.4, 0.5) is 13.2 Å². The minimum absolute atomic E-state index is 0.121. The highest BCUT2D eigenvalue weighted by atomic mass is 19.4. The van der Waals surface area contributed by atoms with Crippen molar-refractivity contribution >= 4 is 16.4 Å². The Kier molecular flexibility index (Phi) is 4.78. The van der Waals surface area contributed by atoms with E-state index >= 15 is 0 Å². The molecule has 5 heterocycles. The molecule has 0 aliphatic heterocycles. The van der Waals surface area contributed by atoms with Crippen molar-refractivity contribution in [2.24, 2.45) is 0 Å². The summed E-state index contributed by atoms with van der Waals surface area (Å²) >= 11 is 0. The van der Waals surface area contributed by atoms with E-state index in [4.69, 9.17) is 4.42 Å².